The molecule has 0 radical (unpaired) electrons. The van der Waals surface area contributed by atoms with Gasteiger partial charge >= 0.3 is 6.36 Å². The summed E-state index contributed by atoms with van der Waals surface area (Å²) in [6.45, 7) is 5.40. The Morgan fingerprint density at radius 3 is 2.61 bits per heavy atom. The molecule has 0 heterocycles. The van der Waals surface area contributed by atoms with Crippen molar-refractivity contribution in [3.63, 3.8) is 0 Å². The topological polar surface area (TPSA) is 55.5 Å². The Bertz CT molecular complexity index is 443. The number of alkyl halides is 3. The van der Waals surface area contributed by atoms with E-state index in [-0.39, 0.29) is 11.3 Å². The largest absolute Gasteiger partial charge is 0.573 e. The van der Waals surface area contributed by atoms with Gasteiger partial charge in [-0.15, -0.1) is 19.8 Å². The van der Waals surface area contributed by atoms with Crippen LogP contribution in [0.3, 0.4) is 0 Å². The number of hydrogen-bond acceptors (Lipinski definition) is 3. The molecule has 6 heteroatoms. The van der Waals surface area contributed by atoms with Gasteiger partial charge in [0.2, 0.25) is 0 Å². The Morgan fingerprint density at radius 2 is 2.11 bits per heavy atom. The number of halogens is 3. The van der Waals surface area contributed by atoms with E-state index < -0.39 is 18.2 Å². The van der Waals surface area contributed by atoms with Crippen molar-refractivity contribution >= 4 is 0 Å². The molecule has 0 aliphatic carbocycles. The zero-order chi connectivity index (χ0) is 13.9. The third-order valence-corrected chi connectivity index (χ3v) is 2.20. The molecule has 0 bridgehead atoms. The predicted molar refractivity (Wildman–Crippen MR) is 61.1 cm³/mol. The quantitative estimate of drug-likeness (QED) is 0.818. The average Bonchev–Trinajstić information content (AvgIpc) is 2.17. The van der Waals surface area contributed by atoms with Gasteiger partial charge in [0.15, 0.2) is 0 Å². The van der Waals surface area contributed by atoms with Crippen molar-refractivity contribution in [2.45, 2.75) is 25.7 Å². The maximum Gasteiger partial charge on any atom is 0.573 e. The van der Waals surface area contributed by atoms with Gasteiger partial charge in [-0.1, -0.05) is 5.57 Å². The molecule has 0 saturated heterocycles. The van der Waals surface area contributed by atoms with Crippen LogP contribution in [-0.2, 0) is 0 Å². The van der Waals surface area contributed by atoms with Gasteiger partial charge < -0.3 is 15.6 Å². The van der Waals surface area contributed by atoms with Crippen molar-refractivity contribution in [1.82, 2.24) is 0 Å². The molecule has 1 atom stereocenters. The van der Waals surface area contributed by atoms with Gasteiger partial charge in [-0.3, -0.25) is 0 Å². The zero-order valence-electron chi connectivity index (χ0n) is 9.79. The van der Waals surface area contributed by atoms with Crippen LogP contribution in [0, 0.1) is 0 Å². The van der Waals surface area contributed by atoms with Crippen LogP contribution in [0.25, 0.3) is 0 Å². The molecular weight excluding hydrogens is 247 g/mol. The van der Waals surface area contributed by atoms with Crippen LogP contribution in [-0.4, -0.2) is 11.5 Å². The van der Waals surface area contributed by atoms with E-state index in [0.29, 0.717) is 6.42 Å². The minimum absolute atomic E-state index is 0.168. The molecule has 0 aliphatic heterocycles. The van der Waals surface area contributed by atoms with Crippen LogP contribution >= 0.6 is 0 Å². The van der Waals surface area contributed by atoms with Gasteiger partial charge in [-0.25, -0.2) is 0 Å². The molecule has 0 aliphatic rings. The second-order valence-corrected chi connectivity index (χ2v) is 4.04. The predicted octanol–water partition coefficient (Wildman–Crippen LogP) is 3.26. The fraction of sp³-hybridized carbons (Fsp3) is 0.333. The number of aromatic hydroxyl groups is 1. The van der Waals surface area contributed by atoms with Crippen LogP contribution in [0.15, 0.2) is 30.4 Å². The molecule has 100 valence electrons. The monoisotopic (exact) mass is 261 g/mol. The van der Waals surface area contributed by atoms with Crippen molar-refractivity contribution < 1.29 is 23.0 Å². The lowest BCUT2D eigenvalue weighted by Crippen LogP contribution is -2.18. The standard InChI is InChI=1S/C12H14F3NO2/c1-7(2)5-10(16)9-6-8(3-4-11(9)17)18-12(13,14)15/h3-4,6,10,17H,1,5,16H2,2H3/t10-/m1/s1. The Labute approximate surface area is 103 Å². The molecule has 1 rings (SSSR count). The number of hydrogen-bond donors (Lipinski definition) is 2. The minimum atomic E-state index is -4.77. The molecule has 1 aromatic carbocycles. The Kier molecular flexibility index (Phi) is 4.24. The molecule has 0 fully saturated rings. The maximum atomic E-state index is 12.1. The van der Waals surface area contributed by atoms with E-state index in [1.165, 1.54) is 0 Å². The van der Waals surface area contributed by atoms with E-state index in [9.17, 15) is 18.3 Å². The number of ether oxygens (including phenoxy) is 1. The summed E-state index contributed by atoms with van der Waals surface area (Å²) in [5, 5.41) is 9.57. The number of benzene rings is 1. The summed E-state index contributed by atoms with van der Waals surface area (Å²) in [5.41, 5.74) is 6.73. The van der Waals surface area contributed by atoms with Gasteiger partial charge in [0.1, 0.15) is 11.5 Å². The van der Waals surface area contributed by atoms with Crippen molar-refractivity contribution in [3.8, 4) is 11.5 Å². The van der Waals surface area contributed by atoms with Crippen LogP contribution in [0.1, 0.15) is 24.9 Å². The smallest absolute Gasteiger partial charge is 0.508 e. The number of phenols is 1. The molecule has 1 aromatic rings. The van der Waals surface area contributed by atoms with Crippen molar-refractivity contribution in [3.05, 3.63) is 35.9 Å². The number of rotatable bonds is 4. The summed E-state index contributed by atoms with van der Waals surface area (Å²) in [7, 11) is 0. The summed E-state index contributed by atoms with van der Waals surface area (Å²) in [5.74, 6) is -0.578. The fourth-order valence-electron chi connectivity index (χ4n) is 1.51. The first-order valence-electron chi connectivity index (χ1n) is 5.17. The van der Waals surface area contributed by atoms with Crippen LogP contribution in [0.5, 0.6) is 11.5 Å². The van der Waals surface area contributed by atoms with Crippen LogP contribution in [0.4, 0.5) is 13.2 Å². The van der Waals surface area contributed by atoms with Crippen LogP contribution < -0.4 is 10.5 Å². The average molecular weight is 261 g/mol. The molecule has 3 nitrogen and oxygen atoms in total. The van der Waals surface area contributed by atoms with Crippen molar-refractivity contribution in [1.29, 1.82) is 0 Å². The molecule has 0 aromatic heterocycles. The Hall–Kier alpha value is -1.69. The number of nitrogens with two attached hydrogens (primary N) is 1. The SMILES string of the molecule is C=C(C)C[C@@H](N)c1cc(OC(F)(F)F)ccc1O. The number of phenolic OH excluding ortho intramolecular Hbond substituents is 1. The highest BCUT2D eigenvalue weighted by Crippen LogP contribution is 2.32. The van der Waals surface area contributed by atoms with Gasteiger partial charge in [-0.05, 0) is 31.5 Å². The van der Waals surface area contributed by atoms with E-state index in [1.807, 2.05) is 0 Å². The molecule has 18 heavy (non-hydrogen) atoms. The summed E-state index contributed by atoms with van der Waals surface area (Å²) in [6, 6.07) is 2.60. The van der Waals surface area contributed by atoms with E-state index >= 15 is 0 Å². The highest BCUT2D eigenvalue weighted by atomic mass is 19.4. The van der Waals surface area contributed by atoms with E-state index in [4.69, 9.17) is 5.73 Å². The summed E-state index contributed by atoms with van der Waals surface area (Å²) >= 11 is 0. The fourth-order valence-corrected chi connectivity index (χ4v) is 1.51. The summed E-state index contributed by atoms with van der Waals surface area (Å²) in [6.07, 6.45) is -4.41. The maximum absolute atomic E-state index is 12.1. The molecule has 0 spiro atoms. The lowest BCUT2D eigenvalue weighted by atomic mass is 10.00. The van der Waals surface area contributed by atoms with Crippen molar-refractivity contribution in [2.24, 2.45) is 5.73 Å². The van der Waals surface area contributed by atoms with Gasteiger partial charge in [0, 0.05) is 11.6 Å². The first-order valence-corrected chi connectivity index (χ1v) is 5.17. The highest BCUT2D eigenvalue weighted by molar-refractivity contribution is 5.41. The molecule has 0 amide bonds. The Balaban J connectivity index is 2.97. The molecule has 3 N–H and O–H groups in total. The third kappa shape index (κ3) is 4.29. The first kappa shape index (κ1) is 14.4. The van der Waals surface area contributed by atoms with Gasteiger partial charge in [0.25, 0.3) is 0 Å². The molecule has 0 unspecified atom stereocenters. The molecular formula is C12H14F3NO2. The van der Waals surface area contributed by atoms with Gasteiger partial charge in [-0.2, -0.15) is 0 Å². The normalized spacial score (nSPS) is 13.2. The third-order valence-electron chi connectivity index (χ3n) is 2.20. The lowest BCUT2D eigenvalue weighted by molar-refractivity contribution is -0.274. The summed E-state index contributed by atoms with van der Waals surface area (Å²) < 4.78 is 39.9. The second-order valence-electron chi connectivity index (χ2n) is 4.04. The summed E-state index contributed by atoms with van der Waals surface area (Å²) in [4.78, 5) is 0. The van der Waals surface area contributed by atoms with E-state index in [1.54, 1.807) is 6.92 Å². The zero-order valence-corrected chi connectivity index (χ0v) is 9.79. The molecule has 0 saturated carbocycles. The van der Waals surface area contributed by atoms with Crippen LogP contribution in [0.2, 0.25) is 0 Å². The van der Waals surface area contributed by atoms with E-state index in [2.05, 4.69) is 11.3 Å². The van der Waals surface area contributed by atoms with E-state index in [0.717, 1.165) is 23.8 Å². The first-order chi connectivity index (χ1) is 8.19. The minimum Gasteiger partial charge on any atom is -0.508 e. The van der Waals surface area contributed by atoms with Gasteiger partial charge in [0.05, 0.1) is 0 Å². The van der Waals surface area contributed by atoms with Crippen molar-refractivity contribution in [2.75, 3.05) is 0 Å². The highest BCUT2D eigenvalue weighted by Gasteiger charge is 2.31. The Morgan fingerprint density at radius 1 is 1.50 bits per heavy atom. The second kappa shape index (κ2) is 5.30. The lowest BCUT2D eigenvalue weighted by Gasteiger charge is -2.16.